The number of hydrogen-bond acceptors (Lipinski definition) is 3. The lowest BCUT2D eigenvalue weighted by Crippen LogP contribution is -2.22. The highest BCUT2D eigenvalue weighted by atomic mass is 16.5. The van der Waals surface area contributed by atoms with Gasteiger partial charge in [0.25, 0.3) is 0 Å². The minimum atomic E-state index is 0.495. The molecular weight excluding hydrogens is 262 g/mol. The van der Waals surface area contributed by atoms with E-state index in [-0.39, 0.29) is 0 Å². The smallest absolute Gasteiger partial charge is 0.122 e. The number of aromatic nitrogens is 2. The van der Waals surface area contributed by atoms with Crippen LogP contribution in [-0.4, -0.2) is 22.4 Å². The Balaban J connectivity index is 1.50. The molecule has 1 saturated carbocycles. The summed E-state index contributed by atoms with van der Waals surface area (Å²) in [6, 6.07) is 11.3. The Morgan fingerprint density at radius 3 is 3.00 bits per heavy atom. The van der Waals surface area contributed by atoms with Gasteiger partial charge in [0.2, 0.25) is 0 Å². The second-order valence-electron chi connectivity index (χ2n) is 6.03. The average molecular weight is 283 g/mol. The molecule has 1 N–H and O–H groups in total. The molecule has 4 nitrogen and oxygen atoms in total. The van der Waals surface area contributed by atoms with Gasteiger partial charge >= 0.3 is 0 Å². The molecule has 2 aliphatic rings. The lowest BCUT2D eigenvalue weighted by Gasteiger charge is -2.26. The Morgan fingerprint density at radius 1 is 1.19 bits per heavy atom. The van der Waals surface area contributed by atoms with E-state index in [0.29, 0.717) is 5.92 Å². The number of para-hydroxylation sites is 1. The number of nitrogens with zero attached hydrogens (tertiary/aromatic N) is 2. The van der Waals surface area contributed by atoms with Crippen molar-refractivity contribution in [2.45, 2.75) is 44.3 Å². The van der Waals surface area contributed by atoms with Crippen LogP contribution in [0.25, 0.3) is 0 Å². The fourth-order valence-corrected chi connectivity index (χ4v) is 3.03. The minimum Gasteiger partial charge on any atom is -0.493 e. The average Bonchev–Trinajstić information content (AvgIpc) is 3.25. The Hall–Kier alpha value is -1.81. The number of rotatable bonds is 5. The third-order valence-electron chi connectivity index (χ3n) is 4.43. The molecule has 0 saturated heterocycles. The van der Waals surface area contributed by atoms with E-state index in [4.69, 9.17) is 4.74 Å². The Bertz CT molecular complexity index is 618. The Kier molecular flexibility index (Phi) is 3.39. The van der Waals surface area contributed by atoms with E-state index in [1.54, 1.807) is 0 Å². The van der Waals surface area contributed by atoms with E-state index in [9.17, 15) is 0 Å². The largest absolute Gasteiger partial charge is 0.493 e. The molecule has 1 atom stereocenters. The molecule has 21 heavy (non-hydrogen) atoms. The van der Waals surface area contributed by atoms with Crippen LogP contribution in [0.4, 0.5) is 0 Å². The van der Waals surface area contributed by atoms with Crippen LogP contribution in [0.3, 0.4) is 0 Å². The van der Waals surface area contributed by atoms with Crippen LogP contribution < -0.4 is 10.1 Å². The summed E-state index contributed by atoms with van der Waals surface area (Å²) in [5, 5.41) is 8.09. The minimum absolute atomic E-state index is 0.495. The van der Waals surface area contributed by atoms with Gasteiger partial charge in [0.05, 0.1) is 12.3 Å². The van der Waals surface area contributed by atoms with E-state index in [1.165, 1.54) is 24.1 Å². The lowest BCUT2D eigenvalue weighted by atomic mass is 9.93. The molecule has 1 unspecified atom stereocenters. The van der Waals surface area contributed by atoms with Gasteiger partial charge in [-0.3, -0.25) is 4.68 Å². The maximum atomic E-state index is 5.75. The lowest BCUT2D eigenvalue weighted by molar-refractivity contribution is 0.255. The second-order valence-corrected chi connectivity index (χ2v) is 6.03. The standard InChI is InChI=1S/C17H21N3O/c1-2-4-17-16(3-1)13(8-10-21-17)12-20-15(7-9-19-20)11-18-14-5-6-14/h1-4,7,9,13-14,18H,5-6,8,10-12H2. The number of benzene rings is 1. The zero-order chi connectivity index (χ0) is 14.1. The van der Waals surface area contributed by atoms with Gasteiger partial charge in [0.1, 0.15) is 5.75 Å². The topological polar surface area (TPSA) is 39.1 Å². The second kappa shape index (κ2) is 5.53. The van der Waals surface area contributed by atoms with Crippen molar-refractivity contribution in [1.29, 1.82) is 0 Å². The first kappa shape index (κ1) is 12.9. The van der Waals surface area contributed by atoms with Gasteiger partial charge in [-0.2, -0.15) is 5.10 Å². The molecule has 0 radical (unpaired) electrons. The van der Waals surface area contributed by atoms with Gasteiger partial charge in [0.15, 0.2) is 0 Å². The zero-order valence-corrected chi connectivity index (χ0v) is 12.2. The quantitative estimate of drug-likeness (QED) is 0.917. The zero-order valence-electron chi connectivity index (χ0n) is 12.2. The van der Waals surface area contributed by atoms with Crippen molar-refractivity contribution < 1.29 is 4.74 Å². The van der Waals surface area contributed by atoms with Crippen molar-refractivity contribution in [3.8, 4) is 5.75 Å². The number of ether oxygens (including phenoxy) is 1. The van der Waals surface area contributed by atoms with Gasteiger partial charge in [-0.1, -0.05) is 18.2 Å². The molecule has 110 valence electrons. The predicted octanol–water partition coefficient (Wildman–Crippen LogP) is 2.70. The number of hydrogen-bond donors (Lipinski definition) is 1. The van der Waals surface area contributed by atoms with Crippen LogP contribution in [0, 0.1) is 0 Å². The van der Waals surface area contributed by atoms with Gasteiger partial charge in [-0.05, 0) is 37.0 Å². The maximum Gasteiger partial charge on any atom is 0.122 e. The molecular formula is C17H21N3O. The van der Waals surface area contributed by atoms with Crippen LogP contribution in [0.2, 0.25) is 0 Å². The molecule has 1 aliphatic carbocycles. The fourth-order valence-electron chi connectivity index (χ4n) is 3.03. The van der Waals surface area contributed by atoms with Gasteiger partial charge in [-0.15, -0.1) is 0 Å². The molecule has 0 amide bonds. The first-order valence-electron chi connectivity index (χ1n) is 7.86. The van der Waals surface area contributed by atoms with E-state index in [1.807, 2.05) is 12.3 Å². The van der Waals surface area contributed by atoms with Crippen LogP contribution in [0.5, 0.6) is 5.75 Å². The van der Waals surface area contributed by atoms with Crippen LogP contribution >= 0.6 is 0 Å². The van der Waals surface area contributed by atoms with Crippen molar-refractivity contribution >= 4 is 0 Å². The monoisotopic (exact) mass is 283 g/mol. The third-order valence-corrected chi connectivity index (χ3v) is 4.43. The highest BCUT2D eigenvalue weighted by Gasteiger charge is 2.23. The van der Waals surface area contributed by atoms with Gasteiger partial charge in [0, 0.05) is 31.2 Å². The first-order chi connectivity index (χ1) is 10.4. The van der Waals surface area contributed by atoms with Gasteiger partial charge < -0.3 is 10.1 Å². The highest BCUT2D eigenvalue weighted by molar-refractivity contribution is 5.37. The summed E-state index contributed by atoms with van der Waals surface area (Å²) in [4.78, 5) is 0. The molecule has 0 spiro atoms. The maximum absolute atomic E-state index is 5.75. The van der Waals surface area contributed by atoms with E-state index in [2.05, 4.69) is 39.4 Å². The van der Waals surface area contributed by atoms with Crippen LogP contribution in [0.1, 0.15) is 36.4 Å². The number of fused-ring (bicyclic) bond motifs is 1. The van der Waals surface area contributed by atoms with Gasteiger partial charge in [-0.25, -0.2) is 0 Å². The molecule has 2 aromatic rings. The van der Waals surface area contributed by atoms with Crippen LogP contribution in [-0.2, 0) is 13.1 Å². The third kappa shape index (κ3) is 2.81. The molecule has 1 aliphatic heterocycles. The predicted molar refractivity (Wildman–Crippen MR) is 81.4 cm³/mol. The fraction of sp³-hybridized carbons (Fsp3) is 0.471. The summed E-state index contributed by atoms with van der Waals surface area (Å²) in [5.41, 5.74) is 2.60. The normalized spacial score (nSPS) is 20.9. The summed E-state index contributed by atoms with van der Waals surface area (Å²) in [6.45, 7) is 2.67. The van der Waals surface area contributed by atoms with E-state index >= 15 is 0 Å². The van der Waals surface area contributed by atoms with Crippen molar-refractivity contribution in [2.24, 2.45) is 0 Å². The summed E-state index contributed by atoms with van der Waals surface area (Å²) >= 11 is 0. The summed E-state index contributed by atoms with van der Waals surface area (Å²) in [5.74, 6) is 1.54. The molecule has 2 heterocycles. The van der Waals surface area contributed by atoms with Crippen LogP contribution in [0.15, 0.2) is 36.5 Å². The Morgan fingerprint density at radius 2 is 2.10 bits per heavy atom. The van der Waals surface area contributed by atoms with E-state index in [0.717, 1.165) is 37.9 Å². The molecule has 4 heteroatoms. The molecule has 4 rings (SSSR count). The first-order valence-corrected chi connectivity index (χ1v) is 7.86. The van der Waals surface area contributed by atoms with Crippen molar-refractivity contribution in [3.63, 3.8) is 0 Å². The van der Waals surface area contributed by atoms with Crippen molar-refractivity contribution in [2.75, 3.05) is 6.61 Å². The SMILES string of the molecule is c1ccc2c(c1)OCCC2Cn1nccc1CNC1CC1. The number of nitrogens with one attached hydrogen (secondary N) is 1. The molecule has 0 bridgehead atoms. The summed E-state index contributed by atoms with van der Waals surface area (Å²) < 4.78 is 7.90. The highest BCUT2D eigenvalue weighted by Crippen LogP contribution is 2.34. The molecule has 1 aromatic heterocycles. The Labute approximate surface area is 125 Å². The summed E-state index contributed by atoms with van der Waals surface area (Å²) in [6.07, 6.45) is 5.62. The molecule has 1 aromatic carbocycles. The van der Waals surface area contributed by atoms with Crippen molar-refractivity contribution in [3.05, 3.63) is 47.8 Å². The summed E-state index contributed by atoms with van der Waals surface area (Å²) in [7, 11) is 0. The van der Waals surface area contributed by atoms with Crippen molar-refractivity contribution in [1.82, 2.24) is 15.1 Å². The van der Waals surface area contributed by atoms with E-state index < -0.39 is 0 Å². The molecule has 1 fully saturated rings.